The summed E-state index contributed by atoms with van der Waals surface area (Å²) >= 11 is 12.8. The van der Waals surface area contributed by atoms with Crippen LogP contribution in [0.3, 0.4) is 0 Å². The number of halogens is 2. The smallest absolute Gasteiger partial charge is 0.256 e. The zero-order valence-electron chi connectivity index (χ0n) is 15.6. The third kappa shape index (κ3) is 3.88. The van der Waals surface area contributed by atoms with Gasteiger partial charge in [0.2, 0.25) is 5.88 Å². The number of para-hydroxylation sites is 2. The number of nitrogens with two attached hydrogens (primary N) is 1. The van der Waals surface area contributed by atoms with Crippen molar-refractivity contribution in [3.8, 4) is 11.8 Å². The van der Waals surface area contributed by atoms with Crippen LogP contribution < -0.4 is 15.8 Å². The number of carbonyl (C=O) groups is 1. The van der Waals surface area contributed by atoms with Crippen molar-refractivity contribution in [3.05, 3.63) is 80.9 Å². The van der Waals surface area contributed by atoms with Crippen LogP contribution in [-0.4, -0.2) is 13.0 Å². The molecule has 0 aromatic heterocycles. The standard InChI is InChI=1S/C21H17Cl2N3O3/c1-11-17(21(27)26-15-8-3-4-9-16(15)28-2)18(12(10-24)20(25)29-11)19-13(22)6-5-7-14(19)23/h3-9,18H,25H2,1-2H3,(H,26,27). The predicted octanol–water partition coefficient (Wildman–Crippen LogP) is 4.72. The maximum absolute atomic E-state index is 13.3. The van der Waals surface area contributed by atoms with E-state index in [0.29, 0.717) is 27.0 Å². The van der Waals surface area contributed by atoms with Crippen LogP contribution in [0.15, 0.2) is 65.3 Å². The van der Waals surface area contributed by atoms with Crippen LogP contribution in [0.25, 0.3) is 0 Å². The molecule has 2 aromatic rings. The molecule has 0 saturated heterocycles. The highest BCUT2D eigenvalue weighted by atomic mass is 35.5. The van der Waals surface area contributed by atoms with Crippen molar-refractivity contribution in [1.82, 2.24) is 0 Å². The van der Waals surface area contributed by atoms with Gasteiger partial charge in [0.05, 0.1) is 24.3 Å². The molecule has 1 aliphatic rings. The molecule has 1 atom stereocenters. The Bertz CT molecular complexity index is 1070. The molecule has 29 heavy (non-hydrogen) atoms. The monoisotopic (exact) mass is 429 g/mol. The van der Waals surface area contributed by atoms with Crippen LogP contribution in [0.2, 0.25) is 10.0 Å². The Labute approximate surface area is 178 Å². The number of rotatable bonds is 4. The number of allylic oxidation sites excluding steroid dienone is 2. The molecular formula is C21H17Cl2N3O3. The summed E-state index contributed by atoms with van der Waals surface area (Å²) in [6.07, 6.45) is 0. The van der Waals surface area contributed by atoms with Gasteiger partial charge in [-0.1, -0.05) is 41.4 Å². The third-order valence-electron chi connectivity index (χ3n) is 4.49. The number of ether oxygens (including phenoxy) is 2. The van der Waals surface area contributed by atoms with E-state index in [2.05, 4.69) is 5.32 Å². The number of amides is 1. The molecule has 0 bridgehead atoms. The maximum atomic E-state index is 13.3. The Morgan fingerprint density at radius 1 is 1.21 bits per heavy atom. The average molecular weight is 430 g/mol. The summed E-state index contributed by atoms with van der Waals surface area (Å²) in [5.74, 6) is -0.744. The van der Waals surface area contributed by atoms with Crippen molar-refractivity contribution in [2.75, 3.05) is 12.4 Å². The van der Waals surface area contributed by atoms with E-state index in [1.165, 1.54) is 7.11 Å². The van der Waals surface area contributed by atoms with E-state index in [9.17, 15) is 10.1 Å². The first-order chi connectivity index (χ1) is 13.9. The highest BCUT2D eigenvalue weighted by Gasteiger charge is 2.37. The molecule has 0 fully saturated rings. The number of hydrogen-bond donors (Lipinski definition) is 2. The topological polar surface area (TPSA) is 97.4 Å². The van der Waals surface area contributed by atoms with Gasteiger partial charge in [-0.3, -0.25) is 4.79 Å². The molecule has 0 saturated carbocycles. The van der Waals surface area contributed by atoms with Gasteiger partial charge in [-0.2, -0.15) is 5.26 Å². The number of methoxy groups -OCH3 is 1. The van der Waals surface area contributed by atoms with E-state index in [0.717, 1.165) is 0 Å². The molecule has 1 heterocycles. The molecule has 0 radical (unpaired) electrons. The SMILES string of the molecule is COc1ccccc1NC(=O)C1=C(C)OC(N)=C(C#N)C1c1c(Cl)cccc1Cl. The second-order valence-corrected chi connectivity index (χ2v) is 7.00. The molecular weight excluding hydrogens is 413 g/mol. The number of nitrogens with zero attached hydrogens (tertiary/aromatic N) is 1. The van der Waals surface area contributed by atoms with Gasteiger partial charge in [0.1, 0.15) is 23.2 Å². The summed E-state index contributed by atoms with van der Waals surface area (Å²) in [5.41, 5.74) is 7.03. The van der Waals surface area contributed by atoms with E-state index >= 15 is 0 Å². The summed E-state index contributed by atoms with van der Waals surface area (Å²) in [7, 11) is 1.50. The van der Waals surface area contributed by atoms with Crippen LogP contribution in [0.1, 0.15) is 18.4 Å². The predicted molar refractivity (Wildman–Crippen MR) is 111 cm³/mol. The van der Waals surface area contributed by atoms with Crippen LogP contribution in [0, 0.1) is 11.3 Å². The number of anilines is 1. The lowest BCUT2D eigenvalue weighted by atomic mass is 9.82. The molecule has 8 heteroatoms. The molecule has 3 rings (SSSR count). The van der Waals surface area contributed by atoms with Gasteiger partial charge in [0.15, 0.2) is 0 Å². The number of nitriles is 1. The number of benzene rings is 2. The van der Waals surface area contributed by atoms with E-state index in [1.54, 1.807) is 49.4 Å². The maximum Gasteiger partial charge on any atom is 0.256 e. The van der Waals surface area contributed by atoms with Gasteiger partial charge in [0, 0.05) is 15.6 Å². The summed E-state index contributed by atoms with van der Waals surface area (Å²) in [4.78, 5) is 13.3. The molecule has 1 amide bonds. The second-order valence-electron chi connectivity index (χ2n) is 6.18. The zero-order valence-corrected chi connectivity index (χ0v) is 17.1. The zero-order chi connectivity index (χ0) is 21.1. The molecule has 1 unspecified atom stereocenters. The average Bonchev–Trinajstić information content (AvgIpc) is 2.68. The Balaban J connectivity index is 2.13. The number of nitrogens with one attached hydrogen (secondary N) is 1. The molecule has 3 N–H and O–H groups in total. The fourth-order valence-corrected chi connectivity index (χ4v) is 3.80. The first-order valence-electron chi connectivity index (χ1n) is 8.55. The lowest BCUT2D eigenvalue weighted by Crippen LogP contribution is -2.28. The fourth-order valence-electron chi connectivity index (χ4n) is 3.19. The largest absolute Gasteiger partial charge is 0.495 e. The molecule has 1 aliphatic heterocycles. The summed E-state index contributed by atoms with van der Waals surface area (Å²) in [6, 6.07) is 13.9. The van der Waals surface area contributed by atoms with Crippen molar-refractivity contribution in [2.45, 2.75) is 12.8 Å². The summed E-state index contributed by atoms with van der Waals surface area (Å²) < 4.78 is 10.8. The summed E-state index contributed by atoms with van der Waals surface area (Å²) in [5, 5.41) is 13.1. The lowest BCUT2D eigenvalue weighted by Gasteiger charge is -2.28. The normalized spacial score (nSPS) is 16.2. The van der Waals surface area contributed by atoms with Crippen LogP contribution in [-0.2, 0) is 9.53 Å². The van der Waals surface area contributed by atoms with E-state index in [-0.39, 0.29) is 22.8 Å². The highest BCUT2D eigenvalue weighted by Crippen LogP contribution is 2.44. The quantitative estimate of drug-likeness (QED) is 0.732. The van der Waals surface area contributed by atoms with Crippen molar-refractivity contribution in [1.29, 1.82) is 5.26 Å². The van der Waals surface area contributed by atoms with Gasteiger partial charge in [0.25, 0.3) is 5.91 Å². The first-order valence-corrected chi connectivity index (χ1v) is 9.31. The van der Waals surface area contributed by atoms with Crippen LogP contribution in [0.5, 0.6) is 5.75 Å². The van der Waals surface area contributed by atoms with Crippen molar-refractivity contribution < 1.29 is 14.3 Å². The minimum absolute atomic E-state index is 0.0516. The second kappa shape index (κ2) is 8.48. The van der Waals surface area contributed by atoms with Crippen molar-refractivity contribution in [2.24, 2.45) is 5.73 Å². The van der Waals surface area contributed by atoms with Crippen LogP contribution in [0.4, 0.5) is 5.69 Å². The first kappa shape index (κ1) is 20.6. The Morgan fingerprint density at radius 3 is 2.48 bits per heavy atom. The van der Waals surface area contributed by atoms with Gasteiger partial charge in [-0.05, 0) is 31.2 Å². The van der Waals surface area contributed by atoms with Gasteiger partial charge < -0.3 is 20.5 Å². The number of hydrogen-bond acceptors (Lipinski definition) is 5. The van der Waals surface area contributed by atoms with Gasteiger partial charge in [-0.15, -0.1) is 0 Å². The molecule has 0 spiro atoms. The van der Waals surface area contributed by atoms with E-state index in [1.807, 2.05) is 6.07 Å². The van der Waals surface area contributed by atoms with Crippen molar-refractivity contribution >= 4 is 34.8 Å². The van der Waals surface area contributed by atoms with Gasteiger partial charge >= 0.3 is 0 Å². The fraction of sp³-hybridized carbons (Fsp3) is 0.143. The lowest BCUT2D eigenvalue weighted by molar-refractivity contribution is -0.113. The Hall–Kier alpha value is -3.14. The summed E-state index contributed by atoms with van der Waals surface area (Å²) in [6.45, 7) is 1.59. The Morgan fingerprint density at radius 2 is 1.86 bits per heavy atom. The van der Waals surface area contributed by atoms with Crippen LogP contribution >= 0.6 is 23.2 Å². The minimum Gasteiger partial charge on any atom is -0.495 e. The molecule has 148 valence electrons. The third-order valence-corrected chi connectivity index (χ3v) is 5.15. The molecule has 2 aromatic carbocycles. The highest BCUT2D eigenvalue weighted by molar-refractivity contribution is 6.36. The molecule has 6 nitrogen and oxygen atoms in total. The molecule has 0 aliphatic carbocycles. The van der Waals surface area contributed by atoms with E-state index in [4.69, 9.17) is 38.4 Å². The van der Waals surface area contributed by atoms with E-state index < -0.39 is 11.8 Å². The van der Waals surface area contributed by atoms with Gasteiger partial charge in [-0.25, -0.2) is 0 Å². The Kier molecular flexibility index (Phi) is 6.02. The van der Waals surface area contributed by atoms with Crippen molar-refractivity contribution in [3.63, 3.8) is 0 Å². The minimum atomic E-state index is -0.885. The number of carbonyl (C=O) groups excluding carboxylic acids is 1.